The van der Waals surface area contributed by atoms with Crippen LogP contribution >= 0.6 is 0 Å². The summed E-state index contributed by atoms with van der Waals surface area (Å²) in [6.45, 7) is 7.28. The minimum absolute atomic E-state index is 0.644. The molecule has 17 heavy (non-hydrogen) atoms. The first-order valence-corrected chi connectivity index (χ1v) is 6.01. The molecule has 1 N–H and O–H groups in total. The molecule has 0 fully saturated rings. The van der Waals surface area contributed by atoms with Gasteiger partial charge in [0.15, 0.2) is 0 Å². The van der Waals surface area contributed by atoms with Crippen LogP contribution in [0.5, 0.6) is 0 Å². The molecular weight excluding hydrogens is 214 g/mol. The van der Waals surface area contributed by atoms with E-state index in [2.05, 4.69) is 24.0 Å². The van der Waals surface area contributed by atoms with Crippen molar-refractivity contribution in [2.24, 2.45) is 5.41 Å². The van der Waals surface area contributed by atoms with Crippen molar-refractivity contribution < 1.29 is 9.90 Å². The van der Waals surface area contributed by atoms with Gasteiger partial charge < -0.3 is 10.0 Å². The van der Waals surface area contributed by atoms with E-state index in [1.54, 1.807) is 13.8 Å². The summed E-state index contributed by atoms with van der Waals surface area (Å²) in [4.78, 5) is 13.2. The van der Waals surface area contributed by atoms with Gasteiger partial charge in [-0.1, -0.05) is 18.2 Å². The molecule has 3 heteroatoms. The van der Waals surface area contributed by atoms with Gasteiger partial charge in [-0.25, -0.2) is 0 Å². The number of rotatable bonds is 6. The zero-order chi connectivity index (χ0) is 12.9. The number of benzene rings is 1. The van der Waals surface area contributed by atoms with Crippen molar-refractivity contribution in [3.63, 3.8) is 0 Å². The van der Waals surface area contributed by atoms with E-state index in [9.17, 15) is 4.79 Å². The Bertz CT molecular complexity index is 360. The second kappa shape index (κ2) is 5.71. The standard InChI is InChI=1S/C14H21NO2/c1-4-15(12-8-6-5-7-9-12)11-10-14(2,3)13(16)17/h5-9H,4,10-11H2,1-3H3,(H,16,17). The first-order chi connectivity index (χ1) is 7.97. The lowest BCUT2D eigenvalue weighted by Gasteiger charge is -2.27. The van der Waals surface area contributed by atoms with Crippen molar-refractivity contribution in [3.05, 3.63) is 30.3 Å². The van der Waals surface area contributed by atoms with Gasteiger partial charge in [0, 0.05) is 18.8 Å². The van der Waals surface area contributed by atoms with Crippen LogP contribution in [0.25, 0.3) is 0 Å². The van der Waals surface area contributed by atoms with Crippen molar-refractivity contribution in [2.75, 3.05) is 18.0 Å². The van der Waals surface area contributed by atoms with Crippen LogP contribution in [0.1, 0.15) is 27.2 Å². The van der Waals surface area contributed by atoms with E-state index >= 15 is 0 Å². The molecule has 0 aromatic heterocycles. The predicted octanol–water partition coefficient (Wildman–Crippen LogP) is 3.01. The highest BCUT2D eigenvalue weighted by molar-refractivity contribution is 5.73. The Kier molecular flexibility index (Phi) is 4.55. The Morgan fingerprint density at radius 2 is 1.88 bits per heavy atom. The monoisotopic (exact) mass is 235 g/mol. The first-order valence-electron chi connectivity index (χ1n) is 6.01. The van der Waals surface area contributed by atoms with Gasteiger partial charge >= 0.3 is 5.97 Å². The molecule has 94 valence electrons. The van der Waals surface area contributed by atoms with E-state index in [1.807, 2.05) is 18.2 Å². The van der Waals surface area contributed by atoms with Crippen molar-refractivity contribution in [1.82, 2.24) is 0 Å². The second-order valence-corrected chi connectivity index (χ2v) is 4.85. The smallest absolute Gasteiger partial charge is 0.309 e. The van der Waals surface area contributed by atoms with Crippen molar-refractivity contribution in [2.45, 2.75) is 27.2 Å². The lowest BCUT2D eigenvalue weighted by Crippen LogP contribution is -2.32. The van der Waals surface area contributed by atoms with Crippen LogP contribution in [0.15, 0.2) is 30.3 Å². The van der Waals surface area contributed by atoms with Crippen LogP contribution in [0.3, 0.4) is 0 Å². The largest absolute Gasteiger partial charge is 0.481 e. The summed E-state index contributed by atoms with van der Waals surface area (Å²) < 4.78 is 0. The number of nitrogens with zero attached hydrogens (tertiary/aromatic N) is 1. The molecule has 0 saturated heterocycles. The lowest BCUT2D eigenvalue weighted by atomic mass is 9.89. The minimum Gasteiger partial charge on any atom is -0.481 e. The maximum Gasteiger partial charge on any atom is 0.309 e. The molecule has 3 nitrogen and oxygen atoms in total. The molecular formula is C14H21NO2. The maximum atomic E-state index is 11.0. The SMILES string of the molecule is CCN(CCC(C)(C)C(=O)O)c1ccccc1. The van der Waals surface area contributed by atoms with Crippen molar-refractivity contribution in [1.29, 1.82) is 0 Å². The fraction of sp³-hybridized carbons (Fsp3) is 0.500. The first kappa shape index (κ1) is 13.6. The highest BCUT2D eigenvalue weighted by atomic mass is 16.4. The van der Waals surface area contributed by atoms with Gasteiger partial charge in [0.2, 0.25) is 0 Å². The average molecular weight is 235 g/mol. The highest BCUT2D eigenvalue weighted by Crippen LogP contribution is 2.22. The Hall–Kier alpha value is -1.51. The van der Waals surface area contributed by atoms with Crippen LogP contribution in [-0.4, -0.2) is 24.2 Å². The lowest BCUT2D eigenvalue weighted by molar-refractivity contribution is -0.147. The topological polar surface area (TPSA) is 40.5 Å². The maximum absolute atomic E-state index is 11.0. The number of para-hydroxylation sites is 1. The summed E-state index contributed by atoms with van der Waals surface area (Å²) in [6, 6.07) is 10.1. The molecule has 0 bridgehead atoms. The molecule has 1 aromatic carbocycles. The number of carboxylic acid groups (broad SMARTS) is 1. The van der Waals surface area contributed by atoms with Crippen LogP contribution in [0.2, 0.25) is 0 Å². The Balaban J connectivity index is 2.63. The van der Waals surface area contributed by atoms with Gasteiger partial charge in [-0.3, -0.25) is 4.79 Å². The third-order valence-electron chi connectivity index (χ3n) is 3.09. The summed E-state index contributed by atoms with van der Waals surface area (Å²) in [7, 11) is 0. The van der Waals surface area contributed by atoms with Crippen molar-refractivity contribution in [3.8, 4) is 0 Å². The van der Waals surface area contributed by atoms with Gasteiger partial charge in [0.05, 0.1) is 5.41 Å². The molecule has 0 saturated carbocycles. The minimum atomic E-state index is -0.735. The molecule has 0 aliphatic heterocycles. The van der Waals surface area contributed by atoms with Crippen LogP contribution in [0, 0.1) is 5.41 Å². The van der Waals surface area contributed by atoms with Gasteiger partial charge in [0.25, 0.3) is 0 Å². The Morgan fingerprint density at radius 3 is 2.35 bits per heavy atom. The Morgan fingerprint density at radius 1 is 1.29 bits per heavy atom. The van der Waals surface area contributed by atoms with E-state index in [1.165, 1.54) is 0 Å². The van der Waals surface area contributed by atoms with E-state index in [4.69, 9.17) is 5.11 Å². The molecule has 1 aromatic rings. The summed E-state index contributed by atoms with van der Waals surface area (Å²) in [6.07, 6.45) is 0.644. The Labute approximate surface area is 103 Å². The highest BCUT2D eigenvalue weighted by Gasteiger charge is 2.27. The van der Waals surface area contributed by atoms with E-state index in [0.29, 0.717) is 6.42 Å². The molecule has 0 atom stereocenters. The molecule has 0 radical (unpaired) electrons. The third kappa shape index (κ3) is 3.77. The number of carboxylic acids is 1. The van der Waals surface area contributed by atoms with E-state index in [-0.39, 0.29) is 0 Å². The fourth-order valence-corrected chi connectivity index (χ4v) is 1.63. The summed E-state index contributed by atoms with van der Waals surface area (Å²) >= 11 is 0. The number of hydrogen-bond donors (Lipinski definition) is 1. The predicted molar refractivity (Wildman–Crippen MR) is 70.4 cm³/mol. The second-order valence-electron chi connectivity index (χ2n) is 4.85. The molecule has 0 aliphatic carbocycles. The van der Waals surface area contributed by atoms with E-state index < -0.39 is 11.4 Å². The quantitative estimate of drug-likeness (QED) is 0.824. The number of aliphatic carboxylic acids is 1. The van der Waals surface area contributed by atoms with Crippen molar-refractivity contribution >= 4 is 11.7 Å². The molecule has 0 spiro atoms. The van der Waals surface area contributed by atoms with Crippen LogP contribution < -0.4 is 4.90 Å². The fourth-order valence-electron chi connectivity index (χ4n) is 1.63. The van der Waals surface area contributed by atoms with E-state index in [0.717, 1.165) is 18.8 Å². The van der Waals surface area contributed by atoms with Crippen LogP contribution in [0.4, 0.5) is 5.69 Å². The van der Waals surface area contributed by atoms with Gasteiger partial charge in [-0.05, 0) is 39.3 Å². The normalized spacial score (nSPS) is 11.2. The number of anilines is 1. The summed E-state index contributed by atoms with van der Waals surface area (Å²) in [5.74, 6) is -0.735. The summed E-state index contributed by atoms with van der Waals surface area (Å²) in [5.41, 5.74) is 0.485. The number of hydrogen-bond acceptors (Lipinski definition) is 2. The van der Waals surface area contributed by atoms with Crippen LogP contribution in [-0.2, 0) is 4.79 Å². The summed E-state index contributed by atoms with van der Waals surface area (Å²) in [5, 5.41) is 9.08. The molecule has 1 rings (SSSR count). The average Bonchev–Trinajstić information content (AvgIpc) is 2.31. The molecule has 0 aliphatic rings. The molecule has 0 heterocycles. The zero-order valence-electron chi connectivity index (χ0n) is 10.8. The number of carbonyl (C=O) groups is 1. The molecule has 0 unspecified atom stereocenters. The third-order valence-corrected chi connectivity index (χ3v) is 3.09. The molecule has 0 amide bonds. The zero-order valence-corrected chi connectivity index (χ0v) is 10.8. The van der Waals surface area contributed by atoms with Gasteiger partial charge in [-0.15, -0.1) is 0 Å². The van der Waals surface area contributed by atoms with Gasteiger partial charge in [0.1, 0.15) is 0 Å². The van der Waals surface area contributed by atoms with Gasteiger partial charge in [-0.2, -0.15) is 0 Å².